The zero-order chi connectivity index (χ0) is 13.7. The van der Waals surface area contributed by atoms with Gasteiger partial charge in [-0.1, -0.05) is 6.92 Å². The van der Waals surface area contributed by atoms with Gasteiger partial charge in [-0.3, -0.25) is 10.1 Å². The maximum absolute atomic E-state index is 11.9. The minimum absolute atomic E-state index is 0.227. The van der Waals surface area contributed by atoms with Crippen LogP contribution in [0.3, 0.4) is 0 Å². The van der Waals surface area contributed by atoms with Gasteiger partial charge in [-0.25, -0.2) is 4.68 Å². The van der Waals surface area contributed by atoms with E-state index in [0.29, 0.717) is 11.8 Å². The lowest BCUT2D eigenvalue weighted by molar-refractivity contribution is 0.102. The normalized spacial score (nSPS) is 10.2. The number of hydrogen-bond donors (Lipinski definition) is 2. The summed E-state index contributed by atoms with van der Waals surface area (Å²) in [5.74, 6) is 0.641. The largest absolute Gasteiger partial charge is 0.369 e. The molecule has 2 N–H and O–H groups in total. The maximum atomic E-state index is 11.9. The molecule has 0 unspecified atom stereocenters. The van der Waals surface area contributed by atoms with Gasteiger partial charge in [-0.15, -0.1) is 10.2 Å². The number of hydrogen-bond acceptors (Lipinski definition) is 6. The van der Waals surface area contributed by atoms with Gasteiger partial charge in [0.2, 0.25) is 5.95 Å². The van der Waals surface area contributed by atoms with E-state index < -0.39 is 0 Å². The lowest BCUT2D eigenvalue weighted by Gasteiger charge is -2.04. The molecule has 0 saturated heterocycles. The second-order valence-electron chi connectivity index (χ2n) is 3.89. The van der Waals surface area contributed by atoms with E-state index in [1.807, 2.05) is 0 Å². The summed E-state index contributed by atoms with van der Waals surface area (Å²) in [6.45, 7) is 2.88. The molecule has 2 heterocycles. The molecule has 0 aliphatic heterocycles. The Morgan fingerprint density at radius 3 is 2.79 bits per heavy atom. The Morgan fingerprint density at radius 1 is 1.37 bits per heavy atom. The first-order valence-electron chi connectivity index (χ1n) is 5.93. The first kappa shape index (κ1) is 12.9. The molecule has 2 rings (SSSR count). The highest BCUT2D eigenvalue weighted by atomic mass is 16.2. The number of carbonyl (C=O) groups is 1. The van der Waals surface area contributed by atoms with Crippen molar-refractivity contribution in [3.8, 4) is 0 Å². The van der Waals surface area contributed by atoms with E-state index in [0.717, 1.165) is 13.0 Å². The molecule has 0 atom stereocenters. The molecule has 8 nitrogen and oxygen atoms in total. The topological polar surface area (TPSA) is 97.6 Å². The van der Waals surface area contributed by atoms with Gasteiger partial charge in [0, 0.05) is 13.6 Å². The molecule has 0 bridgehead atoms. The number of anilines is 2. The highest BCUT2D eigenvalue weighted by Crippen LogP contribution is 2.05. The van der Waals surface area contributed by atoms with Crippen LogP contribution in [0.5, 0.6) is 0 Å². The first-order chi connectivity index (χ1) is 9.20. The van der Waals surface area contributed by atoms with Crippen LogP contribution in [0.4, 0.5) is 11.8 Å². The molecule has 2 aromatic rings. The molecule has 100 valence electrons. The lowest BCUT2D eigenvalue weighted by atomic mass is 10.3. The van der Waals surface area contributed by atoms with E-state index in [9.17, 15) is 4.79 Å². The molecular formula is C11H15N7O. The van der Waals surface area contributed by atoms with Crippen LogP contribution in [0.1, 0.15) is 23.8 Å². The monoisotopic (exact) mass is 261 g/mol. The Kier molecular flexibility index (Phi) is 4.01. The number of carbonyl (C=O) groups excluding carboxylic acids is 1. The standard InChI is InChI=1S/C11H15N7O/c1-3-6-12-9-5-4-8(16-17-9)10(19)15-11-13-7-14-18(11)2/h4-5,7H,3,6H2,1-2H3,(H,12,17)(H,13,14,15,19). The van der Waals surface area contributed by atoms with Gasteiger partial charge in [-0.2, -0.15) is 10.1 Å². The van der Waals surface area contributed by atoms with Crippen LogP contribution in [0.15, 0.2) is 18.5 Å². The van der Waals surface area contributed by atoms with Gasteiger partial charge in [0.1, 0.15) is 12.1 Å². The highest BCUT2D eigenvalue weighted by molar-refractivity contribution is 6.01. The van der Waals surface area contributed by atoms with Crippen LogP contribution < -0.4 is 10.6 Å². The van der Waals surface area contributed by atoms with Crippen LogP contribution in [-0.2, 0) is 7.05 Å². The second kappa shape index (κ2) is 5.89. The molecule has 0 aliphatic carbocycles. The fraction of sp³-hybridized carbons (Fsp3) is 0.364. The fourth-order valence-corrected chi connectivity index (χ4v) is 1.38. The van der Waals surface area contributed by atoms with Gasteiger partial charge in [0.25, 0.3) is 5.91 Å². The van der Waals surface area contributed by atoms with Crippen molar-refractivity contribution in [2.24, 2.45) is 7.05 Å². The Hall–Kier alpha value is -2.51. The summed E-state index contributed by atoms with van der Waals surface area (Å²) < 4.78 is 1.46. The van der Waals surface area contributed by atoms with Gasteiger partial charge in [0.05, 0.1) is 0 Å². The molecule has 19 heavy (non-hydrogen) atoms. The molecular weight excluding hydrogens is 246 g/mol. The Morgan fingerprint density at radius 2 is 2.21 bits per heavy atom. The van der Waals surface area contributed by atoms with Crippen LogP contribution in [0.25, 0.3) is 0 Å². The summed E-state index contributed by atoms with van der Waals surface area (Å²) in [6, 6.07) is 3.32. The smallest absolute Gasteiger partial charge is 0.278 e. The third-order valence-electron chi connectivity index (χ3n) is 2.39. The molecule has 0 aliphatic rings. The summed E-state index contributed by atoms with van der Waals surface area (Å²) in [4.78, 5) is 15.8. The second-order valence-corrected chi connectivity index (χ2v) is 3.89. The molecule has 0 aromatic carbocycles. The predicted octanol–water partition coefficient (Wildman–Crippen LogP) is 0.679. The van der Waals surface area contributed by atoms with Gasteiger partial charge >= 0.3 is 0 Å². The third-order valence-corrected chi connectivity index (χ3v) is 2.39. The fourth-order valence-electron chi connectivity index (χ4n) is 1.38. The summed E-state index contributed by atoms with van der Waals surface area (Å²) in [5.41, 5.74) is 0.227. The van der Waals surface area contributed by atoms with Crippen molar-refractivity contribution in [1.82, 2.24) is 25.0 Å². The van der Waals surface area contributed by atoms with Crippen molar-refractivity contribution in [3.63, 3.8) is 0 Å². The van der Waals surface area contributed by atoms with Crippen molar-refractivity contribution in [3.05, 3.63) is 24.2 Å². The van der Waals surface area contributed by atoms with Crippen LogP contribution in [-0.4, -0.2) is 37.4 Å². The summed E-state index contributed by atoms with van der Waals surface area (Å²) >= 11 is 0. The van der Waals surface area contributed by atoms with Crippen molar-refractivity contribution in [2.45, 2.75) is 13.3 Å². The molecule has 0 saturated carbocycles. The lowest BCUT2D eigenvalue weighted by Crippen LogP contribution is -2.17. The number of nitrogens with zero attached hydrogens (tertiary/aromatic N) is 5. The van der Waals surface area contributed by atoms with Crippen molar-refractivity contribution in [2.75, 3.05) is 17.2 Å². The van der Waals surface area contributed by atoms with E-state index in [1.54, 1.807) is 19.2 Å². The number of amides is 1. The van der Waals surface area contributed by atoms with Crippen molar-refractivity contribution in [1.29, 1.82) is 0 Å². The Labute approximate surface area is 110 Å². The molecule has 8 heteroatoms. The van der Waals surface area contributed by atoms with Gasteiger partial charge < -0.3 is 5.32 Å². The zero-order valence-corrected chi connectivity index (χ0v) is 10.8. The third kappa shape index (κ3) is 3.24. The summed E-state index contributed by atoms with van der Waals surface area (Å²) in [6.07, 6.45) is 2.36. The molecule has 2 aromatic heterocycles. The average molecular weight is 261 g/mol. The van der Waals surface area contributed by atoms with Crippen LogP contribution in [0.2, 0.25) is 0 Å². The zero-order valence-electron chi connectivity index (χ0n) is 10.8. The predicted molar refractivity (Wildman–Crippen MR) is 69.8 cm³/mol. The summed E-state index contributed by atoms with van der Waals surface area (Å²) in [7, 11) is 1.69. The summed E-state index contributed by atoms with van der Waals surface area (Å²) in [5, 5.41) is 17.3. The Bertz CT molecular complexity index is 548. The van der Waals surface area contributed by atoms with E-state index in [1.165, 1.54) is 11.0 Å². The van der Waals surface area contributed by atoms with Crippen molar-refractivity contribution < 1.29 is 4.79 Å². The van der Waals surface area contributed by atoms with Crippen LogP contribution in [0, 0.1) is 0 Å². The molecule has 0 spiro atoms. The molecule has 0 fully saturated rings. The number of rotatable bonds is 5. The number of nitrogens with one attached hydrogen (secondary N) is 2. The van der Waals surface area contributed by atoms with E-state index in [4.69, 9.17) is 0 Å². The van der Waals surface area contributed by atoms with Gasteiger partial charge in [0.15, 0.2) is 5.69 Å². The molecule has 0 radical (unpaired) electrons. The first-order valence-corrected chi connectivity index (χ1v) is 5.93. The Balaban J connectivity index is 2.01. The maximum Gasteiger partial charge on any atom is 0.278 e. The highest BCUT2D eigenvalue weighted by Gasteiger charge is 2.11. The van der Waals surface area contributed by atoms with Gasteiger partial charge in [-0.05, 0) is 18.6 Å². The van der Waals surface area contributed by atoms with E-state index >= 15 is 0 Å². The minimum Gasteiger partial charge on any atom is -0.369 e. The number of aryl methyl sites for hydroxylation is 1. The average Bonchev–Trinajstić information content (AvgIpc) is 2.82. The van der Waals surface area contributed by atoms with E-state index in [-0.39, 0.29) is 11.6 Å². The number of aromatic nitrogens is 5. The SMILES string of the molecule is CCCNc1ccc(C(=O)Nc2ncnn2C)nn1. The quantitative estimate of drug-likeness (QED) is 0.821. The van der Waals surface area contributed by atoms with Crippen molar-refractivity contribution >= 4 is 17.7 Å². The minimum atomic E-state index is -0.370. The van der Waals surface area contributed by atoms with Crippen LogP contribution >= 0.6 is 0 Å². The van der Waals surface area contributed by atoms with E-state index in [2.05, 4.69) is 37.8 Å². The molecule has 1 amide bonds.